The number of aryl methyl sites for hydroxylation is 1. The number of rotatable bonds is 4. The first-order valence-electron chi connectivity index (χ1n) is 8.91. The lowest BCUT2D eigenvalue weighted by Crippen LogP contribution is -2.28. The van der Waals surface area contributed by atoms with E-state index in [4.69, 9.17) is 0 Å². The summed E-state index contributed by atoms with van der Waals surface area (Å²) in [4.78, 5) is 16.3. The van der Waals surface area contributed by atoms with Gasteiger partial charge in [0, 0.05) is 28.5 Å². The summed E-state index contributed by atoms with van der Waals surface area (Å²) in [5.41, 5.74) is 3.85. The molecule has 0 saturated carbocycles. The van der Waals surface area contributed by atoms with E-state index in [1.807, 2.05) is 25.1 Å². The van der Waals surface area contributed by atoms with E-state index in [0.717, 1.165) is 34.3 Å². The van der Waals surface area contributed by atoms with Crippen LogP contribution in [0.1, 0.15) is 11.3 Å². The van der Waals surface area contributed by atoms with E-state index in [-0.39, 0.29) is 12.1 Å². The largest absolute Gasteiger partial charge is 0.334 e. The second-order valence-corrected chi connectivity index (χ2v) is 6.49. The number of hydrogen-bond donors (Lipinski definition) is 3. The number of pyridine rings is 1. The standard InChI is InChI=1S/C21H17F2N5O/c1-12-19-15(9-10-24-20(19)28-27-12)13-5-7-14(8-6-13)26-21(29)25-11-16-17(22)3-2-4-18(16)23/h2-10H,11H2,1H3,(H,24,27,28)(H2,25,26,29). The minimum absolute atomic E-state index is 0.185. The molecule has 0 radical (unpaired) electrons. The number of amides is 2. The molecule has 2 aromatic carbocycles. The van der Waals surface area contributed by atoms with Crippen molar-refractivity contribution >= 4 is 22.8 Å². The molecule has 0 atom stereocenters. The lowest BCUT2D eigenvalue weighted by molar-refractivity contribution is 0.251. The van der Waals surface area contributed by atoms with Gasteiger partial charge in [-0.05, 0) is 48.4 Å². The van der Waals surface area contributed by atoms with Crippen molar-refractivity contribution < 1.29 is 13.6 Å². The van der Waals surface area contributed by atoms with Crippen LogP contribution in [-0.4, -0.2) is 21.2 Å². The summed E-state index contributed by atoms with van der Waals surface area (Å²) in [6.45, 7) is 1.68. The highest BCUT2D eigenvalue weighted by Crippen LogP contribution is 2.29. The number of anilines is 1. The van der Waals surface area contributed by atoms with Gasteiger partial charge in [0.05, 0.1) is 6.54 Å². The Morgan fingerprint density at radius 1 is 1.07 bits per heavy atom. The summed E-state index contributed by atoms with van der Waals surface area (Å²) in [6, 6.07) is 12.2. The maximum absolute atomic E-state index is 13.6. The van der Waals surface area contributed by atoms with Gasteiger partial charge in [0.25, 0.3) is 0 Å². The molecule has 2 amide bonds. The molecule has 4 aromatic rings. The molecule has 146 valence electrons. The SMILES string of the molecule is Cc1[nH]nc2nccc(-c3ccc(NC(=O)NCc4c(F)cccc4F)cc3)c12. The average Bonchev–Trinajstić information content (AvgIpc) is 3.09. The van der Waals surface area contributed by atoms with Gasteiger partial charge in [-0.2, -0.15) is 5.10 Å². The maximum atomic E-state index is 13.6. The number of carbonyl (C=O) groups is 1. The number of carbonyl (C=O) groups excluding carboxylic acids is 1. The Kier molecular flexibility index (Phi) is 4.90. The van der Waals surface area contributed by atoms with E-state index in [1.54, 1.807) is 18.3 Å². The predicted octanol–water partition coefficient (Wildman–Crippen LogP) is 4.53. The van der Waals surface area contributed by atoms with Crippen LogP contribution in [0.4, 0.5) is 19.3 Å². The van der Waals surface area contributed by atoms with Crippen LogP contribution in [0.2, 0.25) is 0 Å². The van der Waals surface area contributed by atoms with Gasteiger partial charge in [0.2, 0.25) is 0 Å². The molecule has 2 heterocycles. The minimum atomic E-state index is -0.701. The van der Waals surface area contributed by atoms with Crippen molar-refractivity contribution in [3.63, 3.8) is 0 Å². The number of nitrogens with zero attached hydrogens (tertiary/aromatic N) is 2. The van der Waals surface area contributed by atoms with E-state index in [9.17, 15) is 13.6 Å². The number of halogens is 2. The number of fused-ring (bicyclic) bond motifs is 1. The Morgan fingerprint density at radius 3 is 2.52 bits per heavy atom. The Balaban J connectivity index is 1.45. The number of aromatic nitrogens is 3. The van der Waals surface area contributed by atoms with Crippen LogP contribution in [0.5, 0.6) is 0 Å². The van der Waals surface area contributed by atoms with E-state index >= 15 is 0 Å². The normalized spacial score (nSPS) is 10.9. The summed E-state index contributed by atoms with van der Waals surface area (Å²) in [7, 11) is 0. The quantitative estimate of drug-likeness (QED) is 0.476. The van der Waals surface area contributed by atoms with E-state index in [0.29, 0.717) is 11.3 Å². The van der Waals surface area contributed by atoms with Crippen molar-refractivity contribution in [3.8, 4) is 11.1 Å². The van der Waals surface area contributed by atoms with Crippen molar-refractivity contribution in [1.82, 2.24) is 20.5 Å². The first kappa shape index (κ1) is 18.5. The van der Waals surface area contributed by atoms with Crippen LogP contribution < -0.4 is 10.6 Å². The van der Waals surface area contributed by atoms with Crippen LogP contribution in [-0.2, 0) is 6.54 Å². The molecule has 0 fully saturated rings. The summed E-state index contributed by atoms with van der Waals surface area (Å²) in [5.74, 6) is -1.40. The Labute approximate surface area is 165 Å². The fourth-order valence-corrected chi connectivity index (χ4v) is 3.12. The molecule has 8 heteroatoms. The number of nitrogens with one attached hydrogen (secondary N) is 3. The first-order chi connectivity index (χ1) is 14.0. The average molecular weight is 393 g/mol. The molecule has 0 bridgehead atoms. The monoisotopic (exact) mass is 393 g/mol. The fourth-order valence-electron chi connectivity index (χ4n) is 3.12. The number of aromatic amines is 1. The van der Waals surface area contributed by atoms with Crippen molar-refractivity contribution in [2.75, 3.05) is 5.32 Å². The van der Waals surface area contributed by atoms with Gasteiger partial charge in [-0.15, -0.1) is 0 Å². The van der Waals surface area contributed by atoms with Gasteiger partial charge in [0.15, 0.2) is 5.65 Å². The second-order valence-electron chi connectivity index (χ2n) is 6.49. The van der Waals surface area contributed by atoms with Crippen molar-refractivity contribution in [1.29, 1.82) is 0 Å². The van der Waals surface area contributed by atoms with Gasteiger partial charge in [-0.25, -0.2) is 18.6 Å². The molecule has 2 aromatic heterocycles. The molecule has 4 rings (SSSR count). The van der Waals surface area contributed by atoms with E-state index in [2.05, 4.69) is 25.8 Å². The van der Waals surface area contributed by atoms with Crippen molar-refractivity contribution in [2.45, 2.75) is 13.5 Å². The Hall–Kier alpha value is -3.81. The minimum Gasteiger partial charge on any atom is -0.334 e. The zero-order valence-electron chi connectivity index (χ0n) is 15.5. The lowest BCUT2D eigenvalue weighted by Gasteiger charge is -2.10. The molecule has 0 aliphatic rings. The van der Waals surface area contributed by atoms with Crippen LogP contribution in [0, 0.1) is 18.6 Å². The van der Waals surface area contributed by atoms with Gasteiger partial charge < -0.3 is 10.6 Å². The summed E-state index contributed by atoms with van der Waals surface area (Å²) < 4.78 is 27.3. The van der Waals surface area contributed by atoms with Crippen LogP contribution >= 0.6 is 0 Å². The molecule has 29 heavy (non-hydrogen) atoms. The highest BCUT2D eigenvalue weighted by molar-refractivity contribution is 5.95. The summed E-state index contributed by atoms with van der Waals surface area (Å²) in [5, 5.41) is 13.1. The zero-order valence-corrected chi connectivity index (χ0v) is 15.5. The van der Waals surface area contributed by atoms with E-state index < -0.39 is 17.7 Å². The highest BCUT2D eigenvalue weighted by Gasteiger charge is 2.12. The summed E-state index contributed by atoms with van der Waals surface area (Å²) >= 11 is 0. The number of H-pyrrole nitrogens is 1. The molecule has 3 N–H and O–H groups in total. The number of urea groups is 1. The fraction of sp³-hybridized carbons (Fsp3) is 0.0952. The van der Waals surface area contributed by atoms with Crippen molar-refractivity contribution in [2.24, 2.45) is 0 Å². The smallest absolute Gasteiger partial charge is 0.319 e. The third-order valence-corrected chi connectivity index (χ3v) is 4.58. The number of benzene rings is 2. The van der Waals surface area contributed by atoms with Crippen molar-refractivity contribution in [3.05, 3.63) is 77.6 Å². The molecular formula is C21H17F2N5O. The third kappa shape index (κ3) is 3.77. The van der Waals surface area contributed by atoms with Gasteiger partial charge in [0.1, 0.15) is 11.6 Å². The highest BCUT2D eigenvalue weighted by atomic mass is 19.1. The van der Waals surface area contributed by atoms with Crippen LogP contribution in [0.15, 0.2) is 54.7 Å². The molecule has 0 aliphatic carbocycles. The molecule has 0 spiro atoms. The second kappa shape index (κ2) is 7.67. The van der Waals surface area contributed by atoms with Crippen LogP contribution in [0.25, 0.3) is 22.2 Å². The molecule has 0 unspecified atom stereocenters. The topological polar surface area (TPSA) is 82.7 Å². The zero-order chi connectivity index (χ0) is 20.4. The number of hydrogen-bond acceptors (Lipinski definition) is 3. The lowest BCUT2D eigenvalue weighted by atomic mass is 10.0. The maximum Gasteiger partial charge on any atom is 0.319 e. The Morgan fingerprint density at radius 2 is 1.79 bits per heavy atom. The third-order valence-electron chi connectivity index (χ3n) is 4.58. The molecule has 0 aliphatic heterocycles. The molecular weight excluding hydrogens is 376 g/mol. The first-order valence-corrected chi connectivity index (χ1v) is 8.91. The molecule has 6 nitrogen and oxygen atoms in total. The predicted molar refractivity (Wildman–Crippen MR) is 106 cm³/mol. The van der Waals surface area contributed by atoms with Crippen LogP contribution in [0.3, 0.4) is 0 Å². The van der Waals surface area contributed by atoms with E-state index in [1.165, 1.54) is 6.07 Å². The molecule has 0 saturated heterocycles. The van der Waals surface area contributed by atoms with Gasteiger partial charge in [-0.1, -0.05) is 18.2 Å². The summed E-state index contributed by atoms with van der Waals surface area (Å²) in [6.07, 6.45) is 1.69. The van der Waals surface area contributed by atoms with Gasteiger partial charge in [-0.3, -0.25) is 5.10 Å². The van der Waals surface area contributed by atoms with Gasteiger partial charge >= 0.3 is 6.03 Å². The Bertz CT molecular complexity index is 1170.